The summed E-state index contributed by atoms with van der Waals surface area (Å²) in [7, 11) is 1.34. The lowest BCUT2D eigenvalue weighted by Gasteiger charge is -2.38. The highest BCUT2D eigenvalue weighted by Crippen LogP contribution is 2.39. The third kappa shape index (κ3) is 4.64. The van der Waals surface area contributed by atoms with Crippen molar-refractivity contribution in [2.45, 2.75) is 71.1 Å². The SMILES string of the molecule is COC(=O)c1cc(C#CC2C[C@H]3CC[C@@H](C2)N3C(=O)OC(C)(C)C)cc(C)n1. The predicted octanol–water partition coefficient (Wildman–Crippen LogP) is 3.71. The number of hydrogen-bond acceptors (Lipinski definition) is 5. The van der Waals surface area contributed by atoms with E-state index in [1.54, 1.807) is 6.07 Å². The third-order valence-corrected chi connectivity index (χ3v) is 5.11. The van der Waals surface area contributed by atoms with Crippen LogP contribution in [0.3, 0.4) is 0 Å². The molecule has 2 saturated heterocycles. The summed E-state index contributed by atoms with van der Waals surface area (Å²) in [6.45, 7) is 7.51. The number of pyridine rings is 1. The maximum atomic E-state index is 12.5. The fourth-order valence-corrected chi connectivity index (χ4v) is 4.04. The molecule has 0 spiro atoms. The van der Waals surface area contributed by atoms with Crippen LogP contribution < -0.4 is 0 Å². The number of ether oxygens (including phenoxy) is 2. The molecule has 2 bridgehead atoms. The van der Waals surface area contributed by atoms with E-state index in [2.05, 4.69) is 16.8 Å². The average molecular weight is 384 g/mol. The Morgan fingerprint density at radius 1 is 1.18 bits per heavy atom. The Morgan fingerprint density at radius 3 is 2.39 bits per heavy atom. The van der Waals surface area contributed by atoms with Gasteiger partial charge in [0.25, 0.3) is 0 Å². The minimum atomic E-state index is -0.482. The van der Waals surface area contributed by atoms with Gasteiger partial charge in [0.2, 0.25) is 0 Å². The molecule has 0 saturated carbocycles. The van der Waals surface area contributed by atoms with Crippen LogP contribution in [0.2, 0.25) is 0 Å². The van der Waals surface area contributed by atoms with Gasteiger partial charge >= 0.3 is 12.1 Å². The van der Waals surface area contributed by atoms with Crippen molar-refractivity contribution in [2.24, 2.45) is 5.92 Å². The number of nitrogens with zero attached hydrogens (tertiary/aromatic N) is 2. The highest BCUT2D eigenvalue weighted by Gasteiger charge is 2.44. The maximum absolute atomic E-state index is 12.5. The smallest absolute Gasteiger partial charge is 0.410 e. The second-order valence-electron chi connectivity index (χ2n) is 8.58. The van der Waals surface area contributed by atoms with Crippen molar-refractivity contribution in [3.8, 4) is 11.8 Å². The fraction of sp³-hybridized carbons (Fsp3) is 0.591. The van der Waals surface area contributed by atoms with Crippen LogP contribution >= 0.6 is 0 Å². The molecule has 3 rings (SSSR count). The van der Waals surface area contributed by atoms with E-state index < -0.39 is 11.6 Å². The predicted molar refractivity (Wildman–Crippen MR) is 105 cm³/mol. The van der Waals surface area contributed by atoms with Crippen molar-refractivity contribution in [3.63, 3.8) is 0 Å². The van der Waals surface area contributed by atoms with E-state index in [4.69, 9.17) is 9.47 Å². The van der Waals surface area contributed by atoms with Gasteiger partial charge < -0.3 is 14.4 Å². The van der Waals surface area contributed by atoms with Gasteiger partial charge in [-0.15, -0.1) is 0 Å². The van der Waals surface area contributed by atoms with Crippen LogP contribution in [0.25, 0.3) is 0 Å². The van der Waals surface area contributed by atoms with Gasteiger partial charge in [-0.05, 0) is 65.5 Å². The molecule has 6 heteroatoms. The fourth-order valence-electron chi connectivity index (χ4n) is 4.04. The molecule has 1 amide bonds. The molecule has 1 aromatic rings. The Hall–Kier alpha value is -2.55. The topological polar surface area (TPSA) is 68.7 Å². The minimum Gasteiger partial charge on any atom is -0.464 e. The van der Waals surface area contributed by atoms with Crippen LogP contribution in [0.15, 0.2) is 12.1 Å². The number of aryl methyl sites for hydroxylation is 1. The lowest BCUT2D eigenvalue weighted by molar-refractivity contribution is 0.00489. The van der Waals surface area contributed by atoms with Crippen LogP contribution in [0.1, 0.15) is 68.2 Å². The van der Waals surface area contributed by atoms with Gasteiger partial charge in [0.1, 0.15) is 11.3 Å². The van der Waals surface area contributed by atoms with Crippen molar-refractivity contribution >= 4 is 12.1 Å². The lowest BCUT2D eigenvalue weighted by atomic mass is 9.91. The number of amides is 1. The number of methoxy groups -OCH3 is 1. The molecule has 2 aliphatic rings. The van der Waals surface area contributed by atoms with Gasteiger partial charge in [0.05, 0.1) is 7.11 Å². The van der Waals surface area contributed by atoms with Crippen LogP contribution in [0.5, 0.6) is 0 Å². The van der Waals surface area contributed by atoms with Crippen LogP contribution in [-0.4, -0.2) is 46.7 Å². The first kappa shape index (κ1) is 20.2. The number of carbonyl (C=O) groups is 2. The lowest BCUT2D eigenvalue weighted by Crippen LogP contribution is -2.48. The number of rotatable bonds is 1. The van der Waals surface area contributed by atoms with Crippen LogP contribution in [-0.2, 0) is 9.47 Å². The zero-order valence-electron chi connectivity index (χ0n) is 17.2. The monoisotopic (exact) mass is 384 g/mol. The second-order valence-corrected chi connectivity index (χ2v) is 8.58. The first-order chi connectivity index (χ1) is 13.2. The molecule has 28 heavy (non-hydrogen) atoms. The Balaban J connectivity index is 1.71. The van der Waals surface area contributed by atoms with Gasteiger partial charge in [0.15, 0.2) is 0 Å². The zero-order valence-corrected chi connectivity index (χ0v) is 17.2. The molecule has 0 aromatic carbocycles. The molecule has 0 radical (unpaired) electrons. The molecular weight excluding hydrogens is 356 g/mol. The summed E-state index contributed by atoms with van der Waals surface area (Å²) >= 11 is 0. The number of hydrogen-bond donors (Lipinski definition) is 0. The Bertz CT molecular complexity index is 817. The first-order valence-corrected chi connectivity index (χ1v) is 9.76. The van der Waals surface area contributed by atoms with E-state index in [1.807, 2.05) is 38.7 Å². The number of esters is 1. The molecule has 1 unspecified atom stereocenters. The van der Waals surface area contributed by atoms with Gasteiger partial charge in [-0.25, -0.2) is 14.6 Å². The Kier molecular flexibility index (Phi) is 5.64. The summed E-state index contributed by atoms with van der Waals surface area (Å²) in [5.74, 6) is 6.31. The molecule has 2 fully saturated rings. The summed E-state index contributed by atoms with van der Waals surface area (Å²) in [6.07, 6.45) is 3.51. The average Bonchev–Trinajstić information content (AvgIpc) is 2.88. The third-order valence-electron chi connectivity index (χ3n) is 5.11. The van der Waals surface area contributed by atoms with Crippen molar-refractivity contribution in [3.05, 3.63) is 29.1 Å². The van der Waals surface area contributed by atoms with E-state index in [9.17, 15) is 9.59 Å². The van der Waals surface area contributed by atoms with E-state index in [1.165, 1.54) is 7.11 Å². The van der Waals surface area contributed by atoms with Crippen LogP contribution in [0.4, 0.5) is 4.79 Å². The van der Waals surface area contributed by atoms with E-state index in [0.29, 0.717) is 0 Å². The first-order valence-electron chi connectivity index (χ1n) is 9.76. The maximum Gasteiger partial charge on any atom is 0.410 e. The largest absolute Gasteiger partial charge is 0.464 e. The standard InChI is InChI=1S/C22H28N2O4/c1-14-10-15(13-19(23-14)20(25)27-5)6-7-16-11-17-8-9-18(12-16)24(17)21(26)28-22(2,3)4/h10,13,16-18H,8-9,11-12H2,1-5H3/t16?,17-,18+. The van der Waals surface area contributed by atoms with Crippen molar-refractivity contribution in [2.75, 3.05) is 7.11 Å². The second kappa shape index (κ2) is 7.83. The van der Waals surface area contributed by atoms with Gasteiger partial charge in [-0.2, -0.15) is 0 Å². The normalized spacial score (nSPS) is 23.6. The summed E-state index contributed by atoms with van der Waals surface area (Å²) in [6, 6.07) is 3.91. The molecule has 3 heterocycles. The van der Waals surface area contributed by atoms with Gasteiger partial charge in [-0.3, -0.25) is 0 Å². The van der Waals surface area contributed by atoms with E-state index in [-0.39, 0.29) is 29.8 Å². The van der Waals surface area contributed by atoms with Crippen molar-refractivity contribution in [1.29, 1.82) is 0 Å². The Labute approximate surface area is 166 Å². The molecule has 1 aromatic heterocycles. The number of fused-ring (bicyclic) bond motifs is 2. The van der Waals surface area contributed by atoms with E-state index >= 15 is 0 Å². The van der Waals surface area contributed by atoms with Crippen LogP contribution in [0, 0.1) is 24.7 Å². The molecule has 150 valence electrons. The molecule has 6 nitrogen and oxygen atoms in total. The number of carbonyl (C=O) groups excluding carboxylic acids is 2. The summed E-state index contributed by atoms with van der Waals surface area (Å²) in [5, 5.41) is 0. The minimum absolute atomic E-state index is 0.192. The molecule has 0 N–H and O–H groups in total. The number of aromatic nitrogens is 1. The highest BCUT2D eigenvalue weighted by molar-refractivity contribution is 5.87. The molecule has 3 atom stereocenters. The molecule has 0 aliphatic carbocycles. The van der Waals surface area contributed by atoms with Gasteiger partial charge in [0, 0.05) is 29.3 Å². The summed E-state index contributed by atoms with van der Waals surface area (Å²) in [4.78, 5) is 30.4. The zero-order chi connectivity index (χ0) is 20.5. The highest BCUT2D eigenvalue weighted by atomic mass is 16.6. The van der Waals surface area contributed by atoms with Gasteiger partial charge in [-0.1, -0.05) is 11.8 Å². The summed E-state index contributed by atoms with van der Waals surface area (Å²) in [5.41, 5.74) is 1.28. The summed E-state index contributed by atoms with van der Waals surface area (Å²) < 4.78 is 10.3. The number of piperidine rings is 1. The van der Waals surface area contributed by atoms with E-state index in [0.717, 1.165) is 36.9 Å². The molecular formula is C22H28N2O4. The van der Waals surface area contributed by atoms with Crippen molar-refractivity contribution < 1.29 is 19.1 Å². The van der Waals surface area contributed by atoms with Crippen molar-refractivity contribution in [1.82, 2.24) is 9.88 Å². The quantitative estimate of drug-likeness (QED) is 0.545. The molecule has 2 aliphatic heterocycles. The Morgan fingerprint density at radius 2 is 1.82 bits per heavy atom.